The van der Waals surface area contributed by atoms with E-state index in [-0.39, 0.29) is 0 Å². The number of aliphatic hydroxyl groups is 1. The number of rotatable bonds is 11. The second kappa shape index (κ2) is 12.7. The van der Waals surface area contributed by atoms with Crippen molar-refractivity contribution >= 4 is 5.96 Å². The molecule has 0 radical (unpaired) electrons. The van der Waals surface area contributed by atoms with Gasteiger partial charge in [-0.3, -0.25) is 0 Å². The first-order chi connectivity index (χ1) is 14.6. The number of hydrogen-bond acceptors (Lipinski definition) is 5. The van der Waals surface area contributed by atoms with Crippen molar-refractivity contribution in [3.63, 3.8) is 0 Å². The maximum Gasteiger partial charge on any atom is 0.191 e. The van der Waals surface area contributed by atoms with Crippen molar-refractivity contribution in [1.29, 1.82) is 0 Å². The third-order valence-corrected chi connectivity index (χ3v) is 4.46. The normalized spacial score (nSPS) is 12.4. The van der Waals surface area contributed by atoms with E-state index in [1.807, 2.05) is 56.3 Å². The van der Waals surface area contributed by atoms with Gasteiger partial charge in [-0.1, -0.05) is 24.3 Å². The second-order valence-corrected chi connectivity index (χ2v) is 6.82. The van der Waals surface area contributed by atoms with Crippen LogP contribution in [0.2, 0.25) is 0 Å². The van der Waals surface area contributed by atoms with E-state index in [2.05, 4.69) is 15.6 Å². The van der Waals surface area contributed by atoms with Gasteiger partial charge in [-0.05, 0) is 43.2 Å². The Hall–Kier alpha value is -2.77. The summed E-state index contributed by atoms with van der Waals surface area (Å²) in [6.45, 7) is 6.54. The van der Waals surface area contributed by atoms with Gasteiger partial charge >= 0.3 is 0 Å². The average Bonchev–Trinajstić information content (AvgIpc) is 2.76. The molecule has 0 amide bonds. The van der Waals surface area contributed by atoms with Crippen molar-refractivity contribution in [2.75, 3.05) is 40.5 Å². The molecule has 0 spiro atoms. The van der Waals surface area contributed by atoms with Crippen LogP contribution in [0.25, 0.3) is 0 Å². The molecule has 0 bridgehead atoms. The van der Waals surface area contributed by atoms with E-state index in [0.29, 0.717) is 44.6 Å². The van der Waals surface area contributed by atoms with E-state index in [9.17, 15) is 5.11 Å². The summed E-state index contributed by atoms with van der Waals surface area (Å²) in [6, 6.07) is 13.5. The van der Waals surface area contributed by atoms with Crippen LogP contribution in [0.15, 0.2) is 47.5 Å². The Morgan fingerprint density at radius 2 is 1.93 bits per heavy atom. The van der Waals surface area contributed by atoms with E-state index < -0.39 is 6.10 Å². The van der Waals surface area contributed by atoms with Crippen LogP contribution in [0.3, 0.4) is 0 Å². The van der Waals surface area contributed by atoms with E-state index in [1.54, 1.807) is 14.2 Å². The summed E-state index contributed by atoms with van der Waals surface area (Å²) in [7, 11) is 3.26. The number of benzene rings is 2. The highest BCUT2D eigenvalue weighted by Gasteiger charge is 2.10. The molecule has 2 rings (SSSR count). The number of nitrogens with zero attached hydrogens (tertiary/aromatic N) is 1. The highest BCUT2D eigenvalue weighted by atomic mass is 16.5. The van der Waals surface area contributed by atoms with Crippen molar-refractivity contribution in [3.05, 3.63) is 59.2 Å². The van der Waals surface area contributed by atoms with Crippen LogP contribution in [0.1, 0.15) is 29.7 Å². The minimum Gasteiger partial charge on any atom is -0.497 e. The Morgan fingerprint density at radius 1 is 1.10 bits per heavy atom. The van der Waals surface area contributed by atoms with Gasteiger partial charge in [0.25, 0.3) is 0 Å². The zero-order valence-electron chi connectivity index (χ0n) is 18.3. The summed E-state index contributed by atoms with van der Waals surface area (Å²) in [6.07, 6.45) is -0.684. The average molecular weight is 416 g/mol. The Balaban J connectivity index is 2.03. The number of aliphatic hydroxyl groups excluding tert-OH is 1. The molecule has 0 saturated heterocycles. The second-order valence-electron chi connectivity index (χ2n) is 6.82. The fourth-order valence-corrected chi connectivity index (χ4v) is 2.83. The van der Waals surface area contributed by atoms with Gasteiger partial charge in [0.05, 0.1) is 26.4 Å². The summed E-state index contributed by atoms with van der Waals surface area (Å²) < 4.78 is 16.1. The number of methoxy groups -OCH3 is 2. The molecule has 30 heavy (non-hydrogen) atoms. The first-order valence-electron chi connectivity index (χ1n) is 10.1. The smallest absolute Gasteiger partial charge is 0.191 e. The van der Waals surface area contributed by atoms with Crippen LogP contribution in [-0.2, 0) is 11.3 Å². The molecule has 2 aromatic carbocycles. The zero-order chi connectivity index (χ0) is 21.8. The van der Waals surface area contributed by atoms with Gasteiger partial charge in [0.15, 0.2) is 5.96 Å². The molecule has 0 aliphatic rings. The summed E-state index contributed by atoms with van der Waals surface area (Å²) in [4.78, 5) is 4.65. The number of aryl methyl sites for hydroxylation is 1. The lowest BCUT2D eigenvalue weighted by molar-refractivity contribution is 0.145. The van der Waals surface area contributed by atoms with Crippen LogP contribution in [0.4, 0.5) is 0 Å². The first kappa shape index (κ1) is 23.5. The first-order valence-corrected chi connectivity index (χ1v) is 10.1. The minimum absolute atomic E-state index is 0.324. The molecule has 7 heteroatoms. The number of ether oxygens (including phenoxy) is 3. The molecule has 7 nitrogen and oxygen atoms in total. The van der Waals surface area contributed by atoms with Crippen molar-refractivity contribution < 1.29 is 19.3 Å². The minimum atomic E-state index is -0.684. The molecule has 164 valence electrons. The van der Waals surface area contributed by atoms with E-state index in [1.165, 1.54) is 0 Å². The molecule has 0 fully saturated rings. The van der Waals surface area contributed by atoms with Gasteiger partial charge < -0.3 is 30.0 Å². The van der Waals surface area contributed by atoms with Crippen LogP contribution >= 0.6 is 0 Å². The fraction of sp³-hybridized carbons (Fsp3) is 0.435. The number of guanidine groups is 1. The highest BCUT2D eigenvalue weighted by molar-refractivity contribution is 5.79. The molecule has 3 N–H and O–H groups in total. The van der Waals surface area contributed by atoms with Crippen molar-refractivity contribution in [2.24, 2.45) is 4.99 Å². The zero-order valence-corrected chi connectivity index (χ0v) is 18.3. The largest absolute Gasteiger partial charge is 0.497 e. The summed E-state index contributed by atoms with van der Waals surface area (Å²) in [5.74, 6) is 2.15. The van der Waals surface area contributed by atoms with Crippen molar-refractivity contribution in [3.8, 4) is 11.5 Å². The quantitative estimate of drug-likeness (QED) is 0.297. The van der Waals surface area contributed by atoms with Gasteiger partial charge in [0, 0.05) is 25.8 Å². The highest BCUT2D eigenvalue weighted by Crippen LogP contribution is 2.21. The van der Waals surface area contributed by atoms with E-state index in [4.69, 9.17) is 14.2 Å². The predicted octanol–water partition coefficient (Wildman–Crippen LogP) is 2.82. The number of hydrogen-bond donors (Lipinski definition) is 3. The topological polar surface area (TPSA) is 84.3 Å². The van der Waals surface area contributed by atoms with Crippen LogP contribution in [0, 0.1) is 6.92 Å². The molecular weight excluding hydrogens is 382 g/mol. The van der Waals surface area contributed by atoms with Gasteiger partial charge in [-0.2, -0.15) is 0 Å². The predicted molar refractivity (Wildman–Crippen MR) is 119 cm³/mol. The molecule has 0 aliphatic heterocycles. The molecular formula is C23H33N3O4. The Morgan fingerprint density at radius 3 is 2.67 bits per heavy atom. The molecule has 2 aromatic rings. The molecule has 0 aliphatic carbocycles. The molecule has 0 aromatic heterocycles. The standard InChI is InChI=1S/C23H33N3O4/c1-5-24-23(26-16-21(27)18-7-6-8-20(14-18)29-4)25-15-19-10-9-17(2)13-22(19)30-12-11-28-3/h6-10,13-14,21,27H,5,11-12,15-16H2,1-4H3,(H2,24,25,26). The molecule has 0 saturated carbocycles. The Kier molecular flexibility index (Phi) is 9.97. The Labute approximate surface area is 179 Å². The van der Waals surface area contributed by atoms with Crippen molar-refractivity contribution in [2.45, 2.75) is 26.5 Å². The molecule has 0 heterocycles. The van der Waals surface area contributed by atoms with Crippen molar-refractivity contribution in [1.82, 2.24) is 10.6 Å². The summed E-state index contributed by atoms with van der Waals surface area (Å²) >= 11 is 0. The lowest BCUT2D eigenvalue weighted by Gasteiger charge is -2.16. The summed E-state index contributed by atoms with van der Waals surface area (Å²) in [5.41, 5.74) is 2.90. The summed E-state index contributed by atoms with van der Waals surface area (Å²) in [5, 5.41) is 16.9. The SMILES string of the molecule is CCNC(=NCc1ccc(C)cc1OCCOC)NCC(O)c1cccc(OC)c1. The van der Waals surface area contributed by atoms with E-state index >= 15 is 0 Å². The maximum absolute atomic E-state index is 10.5. The van der Waals surface area contributed by atoms with Gasteiger partial charge in [-0.15, -0.1) is 0 Å². The van der Waals surface area contributed by atoms with Crippen LogP contribution in [-0.4, -0.2) is 51.6 Å². The van der Waals surface area contributed by atoms with E-state index in [0.717, 1.165) is 22.4 Å². The molecule has 1 atom stereocenters. The van der Waals surface area contributed by atoms with Gasteiger partial charge in [0.2, 0.25) is 0 Å². The number of nitrogens with one attached hydrogen (secondary N) is 2. The van der Waals surface area contributed by atoms with Gasteiger partial charge in [0.1, 0.15) is 18.1 Å². The van der Waals surface area contributed by atoms with Crippen LogP contribution < -0.4 is 20.1 Å². The van der Waals surface area contributed by atoms with Crippen LogP contribution in [0.5, 0.6) is 11.5 Å². The lowest BCUT2D eigenvalue weighted by Crippen LogP contribution is -2.39. The monoisotopic (exact) mass is 415 g/mol. The number of aliphatic imine (C=N–C) groups is 1. The van der Waals surface area contributed by atoms with Gasteiger partial charge in [-0.25, -0.2) is 4.99 Å². The molecule has 1 unspecified atom stereocenters. The Bertz CT molecular complexity index is 811. The lowest BCUT2D eigenvalue weighted by atomic mass is 10.1. The third-order valence-electron chi connectivity index (χ3n) is 4.46. The third kappa shape index (κ3) is 7.57. The maximum atomic E-state index is 10.5. The fourth-order valence-electron chi connectivity index (χ4n) is 2.83.